The number of rotatable bonds is 21. The van der Waals surface area contributed by atoms with E-state index in [1.165, 1.54) is 38.1 Å². The van der Waals surface area contributed by atoms with Crippen LogP contribution >= 0.6 is 11.6 Å². The fraction of sp³-hybridized carbons (Fsp3) is 0.356. The summed E-state index contributed by atoms with van der Waals surface area (Å²) < 4.78 is 34.0. The molecule has 0 spiro atoms. The molecule has 0 aliphatic carbocycles. The second-order valence-electron chi connectivity index (χ2n) is 14.9. The van der Waals surface area contributed by atoms with Crippen LogP contribution in [0.15, 0.2) is 103 Å². The molecular weight excluding hydrogens is 780 g/mol. The van der Waals surface area contributed by atoms with Crippen LogP contribution in [0, 0.1) is 0 Å². The van der Waals surface area contributed by atoms with Crippen LogP contribution in [0.4, 0.5) is 8.78 Å². The number of unbranched alkanes of at least 4 members (excludes halogenated alkanes) is 1. The summed E-state index contributed by atoms with van der Waals surface area (Å²) in [6.45, 7) is 6.19. The van der Waals surface area contributed by atoms with Gasteiger partial charge < -0.3 is 31.7 Å². The summed E-state index contributed by atoms with van der Waals surface area (Å²) in [5, 5.41) is 11.5. The minimum Gasteiger partial charge on any atom is -0.478 e. The van der Waals surface area contributed by atoms with E-state index < -0.39 is 53.3 Å². The van der Waals surface area contributed by atoms with Crippen molar-refractivity contribution >= 4 is 41.1 Å². The number of hydrogen-bond donors (Lipinski definition) is 5. The molecule has 0 radical (unpaired) electrons. The zero-order valence-electron chi connectivity index (χ0n) is 33.7. The number of benzene rings is 4. The van der Waals surface area contributed by atoms with Crippen molar-refractivity contribution in [2.24, 2.45) is 5.73 Å². The Labute approximate surface area is 348 Å². The molecule has 0 heterocycles. The van der Waals surface area contributed by atoms with Gasteiger partial charge in [-0.1, -0.05) is 85.3 Å². The molecule has 4 aromatic carbocycles. The topological polar surface area (TPSA) is 169 Å². The van der Waals surface area contributed by atoms with Gasteiger partial charge >= 0.3 is 0 Å². The minimum absolute atomic E-state index is 0.0363. The number of hydrogen-bond acceptors (Lipinski definition) is 6. The lowest BCUT2D eigenvalue weighted by Crippen LogP contribution is -2.59. The van der Waals surface area contributed by atoms with Crippen LogP contribution in [-0.4, -0.2) is 59.8 Å². The first-order chi connectivity index (χ1) is 27.9. The van der Waals surface area contributed by atoms with E-state index in [1.807, 2.05) is 19.1 Å². The quantitative estimate of drug-likeness (QED) is 0.0627. The SMILES string of the molecule is CCc1ccc(C(=O)NCCCCC(NC(=O)C(Cc2ccc(C(C)(F)F)cc2)NC(=O)C(Cc2ccccc2)NC(=O)C(C)(C)Oc2ccc(Cl)cc2)C(N)=O)cc1. The largest absolute Gasteiger partial charge is 0.478 e. The van der Waals surface area contributed by atoms with E-state index in [2.05, 4.69) is 21.3 Å². The van der Waals surface area contributed by atoms with Gasteiger partial charge in [-0.05, 0) is 92.6 Å². The summed E-state index contributed by atoms with van der Waals surface area (Å²) in [6, 6.07) is 24.3. The highest BCUT2D eigenvalue weighted by molar-refractivity contribution is 6.30. The van der Waals surface area contributed by atoms with E-state index in [9.17, 15) is 32.8 Å². The van der Waals surface area contributed by atoms with E-state index in [0.717, 1.165) is 18.9 Å². The van der Waals surface area contributed by atoms with Crippen molar-refractivity contribution < 1.29 is 37.5 Å². The summed E-state index contributed by atoms with van der Waals surface area (Å²) in [4.78, 5) is 67.0. The molecule has 11 nitrogen and oxygen atoms in total. The maximum atomic E-state index is 14.2. The third kappa shape index (κ3) is 14.5. The third-order valence-electron chi connectivity index (χ3n) is 9.66. The van der Waals surface area contributed by atoms with Gasteiger partial charge in [0.1, 0.15) is 23.9 Å². The summed E-state index contributed by atoms with van der Waals surface area (Å²) in [5.74, 6) is -5.89. The van der Waals surface area contributed by atoms with E-state index in [-0.39, 0.29) is 30.7 Å². The molecule has 6 N–H and O–H groups in total. The molecule has 0 saturated carbocycles. The number of nitrogens with two attached hydrogens (primary N) is 1. The van der Waals surface area contributed by atoms with Gasteiger partial charge in [-0.3, -0.25) is 24.0 Å². The number of aryl methyl sites for hydroxylation is 1. The number of primary amides is 1. The lowest BCUT2D eigenvalue weighted by molar-refractivity contribution is -0.138. The van der Waals surface area contributed by atoms with Gasteiger partial charge in [-0.2, -0.15) is 0 Å². The van der Waals surface area contributed by atoms with Gasteiger partial charge in [0.15, 0.2) is 5.60 Å². The molecule has 4 rings (SSSR count). The monoisotopic (exact) mass is 831 g/mol. The number of alkyl halides is 2. The Bertz CT molecular complexity index is 2030. The Balaban J connectivity index is 1.50. The van der Waals surface area contributed by atoms with Gasteiger partial charge in [0.05, 0.1) is 0 Å². The highest BCUT2D eigenvalue weighted by Gasteiger charge is 2.35. The maximum Gasteiger partial charge on any atom is 0.270 e. The van der Waals surface area contributed by atoms with Crippen LogP contribution in [0.1, 0.15) is 79.6 Å². The number of amides is 5. The van der Waals surface area contributed by atoms with Crippen molar-refractivity contribution in [3.8, 4) is 5.75 Å². The molecule has 0 aromatic heterocycles. The van der Waals surface area contributed by atoms with Crippen molar-refractivity contribution in [2.45, 2.75) is 95.9 Å². The molecule has 3 unspecified atom stereocenters. The Morgan fingerprint density at radius 3 is 1.80 bits per heavy atom. The Morgan fingerprint density at radius 2 is 1.24 bits per heavy atom. The zero-order valence-corrected chi connectivity index (χ0v) is 34.4. The number of carbonyl (C=O) groups is 5. The first kappa shape index (κ1) is 45.9. The maximum absolute atomic E-state index is 14.2. The molecule has 0 saturated heterocycles. The predicted octanol–water partition coefficient (Wildman–Crippen LogP) is 6.20. The molecule has 314 valence electrons. The average molecular weight is 832 g/mol. The summed E-state index contributed by atoms with van der Waals surface area (Å²) in [5.41, 5.74) is 6.80. The third-order valence-corrected chi connectivity index (χ3v) is 9.91. The molecule has 0 fully saturated rings. The van der Waals surface area contributed by atoms with Crippen molar-refractivity contribution in [2.75, 3.05) is 6.54 Å². The number of ether oxygens (including phenoxy) is 1. The van der Waals surface area contributed by atoms with Crippen LogP contribution in [0.2, 0.25) is 5.02 Å². The fourth-order valence-corrected chi connectivity index (χ4v) is 6.24. The first-order valence-electron chi connectivity index (χ1n) is 19.5. The molecule has 5 amide bonds. The highest BCUT2D eigenvalue weighted by atomic mass is 35.5. The van der Waals surface area contributed by atoms with Crippen molar-refractivity contribution in [3.05, 3.63) is 136 Å². The van der Waals surface area contributed by atoms with Gasteiger partial charge in [0, 0.05) is 42.5 Å². The van der Waals surface area contributed by atoms with E-state index >= 15 is 0 Å². The van der Waals surface area contributed by atoms with Gasteiger partial charge in [0.25, 0.3) is 17.7 Å². The molecule has 0 aliphatic rings. The van der Waals surface area contributed by atoms with Gasteiger partial charge in [-0.15, -0.1) is 0 Å². The smallest absolute Gasteiger partial charge is 0.270 e. The van der Waals surface area contributed by atoms with Crippen molar-refractivity contribution in [1.29, 1.82) is 0 Å². The molecule has 14 heteroatoms. The Morgan fingerprint density at radius 1 is 0.695 bits per heavy atom. The zero-order chi connectivity index (χ0) is 43.2. The summed E-state index contributed by atoms with van der Waals surface area (Å²) in [7, 11) is 0. The highest BCUT2D eigenvalue weighted by Crippen LogP contribution is 2.27. The summed E-state index contributed by atoms with van der Waals surface area (Å²) in [6.07, 6.45) is 1.76. The molecule has 0 aliphatic heterocycles. The minimum atomic E-state index is -3.10. The molecule has 59 heavy (non-hydrogen) atoms. The molecule has 4 aromatic rings. The van der Waals surface area contributed by atoms with Crippen LogP contribution in [0.5, 0.6) is 5.75 Å². The van der Waals surface area contributed by atoms with Gasteiger partial charge in [-0.25, -0.2) is 8.78 Å². The molecule has 0 bridgehead atoms. The van der Waals surface area contributed by atoms with Crippen molar-refractivity contribution in [1.82, 2.24) is 21.3 Å². The number of nitrogens with one attached hydrogen (secondary N) is 4. The Kier molecular flexibility index (Phi) is 16.5. The fourth-order valence-electron chi connectivity index (χ4n) is 6.11. The van der Waals surface area contributed by atoms with Gasteiger partial charge in [0.2, 0.25) is 17.7 Å². The standard InChI is InChI=1S/C45H52ClF2N5O6/c1-5-29-14-18-32(19-15-29)40(55)50-26-10-9-13-36(39(49)54)51-41(56)37(28-31-16-20-33(21-17-31)45(4,47)48)52-42(57)38(27-30-11-7-6-8-12-30)53-43(58)44(2,3)59-35-24-22-34(46)23-25-35/h6-8,11-12,14-25,36-38H,5,9-10,13,26-28H2,1-4H3,(H2,49,54)(H,50,55)(H,51,56)(H,52,57)(H,53,58). The van der Waals surface area contributed by atoms with E-state index in [1.54, 1.807) is 66.7 Å². The normalized spacial score (nSPS) is 13.0. The van der Waals surface area contributed by atoms with Crippen molar-refractivity contribution in [3.63, 3.8) is 0 Å². The van der Waals surface area contributed by atoms with E-state index in [4.69, 9.17) is 22.1 Å². The predicted molar refractivity (Wildman–Crippen MR) is 223 cm³/mol. The number of carbonyl (C=O) groups excluding carboxylic acids is 5. The van der Waals surface area contributed by atoms with Crippen LogP contribution in [-0.2, 0) is 44.4 Å². The van der Waals surface area contributed by atoms with Crippen LogP contribution in [0.25, 0.3) is 0 Å². The second kappa shape index (κ2) is 21.3. The number of halogens is 3. The summed E-state index contributed by atoms with van der Waals surface area (Å²) >= 11 is 6.00. The van der Waals surface area contributed by atoms with Crippen LogP contribution in [0.3, 0.4) is 0 Å². The molecule has 3 atom stereocenters. The van der Waals surface area contributed by atoms with E-state index in [0.29, 0.717) is 46.8 Å². The first-order valence-corrected chi connectivity index (χ1v) is 19.9. The average Bonchev–Trinajstić information content (AvgIpc) is 3.20. The Hall–Kier alpha value is -5.82. The second-order valence-corrected chi connectivity index (χ2v) is 15.3. The van der Waals surface area contributed by atoms with Crippen LogP contribution < -0.4 is 31.7 Å². The lowest BCUT2D eigenvalue weighted by atomic mass is 9.99. The molecular formula is C45H52ClF2N5O6. The lowest BCUT2D eigenvalue weighted by Gasteiger charge is -2.29.